The summed E-state index contributed by atoms with van der Waals surface area (Å²) in [6.07, 6.45) is 0. The van der Waals surface area contributed by atoms with Gasteiger partial charge in [0.15, 0.2) is 5.03 Å². The van der Waals surface area contributed by atoms with Crippen molar-refractivity contribution in [2.24, 2.45) is 10.6 Å². The molecule has 10 heteroatoms. The molecule has 20 heavy (non-hydrogen) atoms. The zero-order valence-corrected chi connectivity index (χ0v) is 13.1. The van der Waals surface area contributed by atoms with Gasteiger partial charge in [0.2, 0.25) is 5.03 Å². The molecule has 1 aromatic heterocycles. The van der Waals surface area contributed by atoms with Crippen LogP contribution >= 0.6 is 25.3 Å². The molecular formula is C10H14N4O4S2. The maximum Gasteiger partial charge on any atom is 0.437 e. The molecule has 110 valence electrons. The second-order valence-electron chi connectivity index (χ2n) is 5.23. The van der Waals surface area contributed by atoms with Crippen LogP contribution in [-0.2, 0) is 10.3 Å². The summed E-state index contributed by atoms with van der Waals surface area (Å²) in [6, 6.07) is 0. The highest BCUT2D eigenvalue weighted by atomic mass is 32.1. The fourth-order valence-electron chi connectivity index (χ4n) is 1.68. The number of imidazole rings is 1. The van der Waals surface area contributed by atoms with Crippen LogP contribution in [0.2, 0.25) is 0 Å². The summed E-state index contributed by atoms with van der Waals surface area (Å²) in [7, 11) is 0. The van der Waals surface area contributed by atoms with Crippen LogP contribution in [0.3, 0.4) is 0 Å². The third-order valence-electron chi connectivity index (χ3n) is 3.69. The Morgan fingerprint density at radius 3 is 2.25 bits per heavy atom. The molecule has 0 bridgehead atoms. The molecule has 0 unspecified atom stereocenters. The predicted octanol–water partition coefficient (Wildman–Crippen LogP) is 2.42. The van der Waals surface area contributed by atoms with Gasteiger partial charge in [-0.3, -0.25) is 4.79 Å². The van der Waals surface area contributed by atoms with Crippen molar-refractivity contribution in [3.05, 3.63) is 15.0 Å². The Hall–Kier alpha value is -1.42. The number of hydrogen-bond donors (Lipinski definition) is 2. The van der Waals surface area contributed by atoms with E-state index in [1.807, 2.05) is 0 Å². The van der Waals surface area contributed by atoms with Crippen LogP contribution in [0.15, 0.2) is 15.2 Å². The summed E-state index contributed by atoms with van der Waals surface area (Å²) in [5.74, 6) is -1.42. The van der Waals surface area contributed by atoms with Crippen molar-refractivity contribution in [3.8, 4) is 0 Å². The molecule has 0 N–H and O–H groups in total. The summed E-state index contributed by atoms with van der Waals surface area (Å²) < 4.78 is 1.17. The molecule has 0 aliphatic heterocycles. The molecule has 0 saturated carbocycles. The molecule has 0 fully saturated rings. The minimum Gasteiger partial charge on any atom is -0.390 e. The molecule has 1 aromatic rings. The van der Waals surface area contributed by atoms with E-state index in [9.17, 15) is 19.8 Å². The SMILES string of the molecule is CC(C)(C(=O)N=O)C(C)(C)n1c([N+](=O)[O-])nc(S)c1S. The van der Waals surface area contributed by atoms with Crippen LogP contribution in [0, 0.1) is 20.4 Å². The molecule has 0 aromatic carbocycles. The van der Waals surface area contributed by atoms with Gasteiger partial charge in [0, 0.05) is 5.18 Å². The third-order valence-corrected chi connectivity index (χ3v) is 4.59. The van der Waals surface area contributed by atoms with Gasteiger partial charge in [0.1, 0.15) is 5.54 Å². The van der Waals surface area contributed by atoms with Crippen LogP contribution in [0.1, 0.15) is 27.7 Å². The molecule has 0 radical (unpaired) electrons. The van der Waals surface area contributed by atoms with E-state index >= 15 is 0 Å². The number of rotatable bonds is 4. The van der Waals surface area contributed by atoms with E-state index in [-0.39, 0.29) is 10.1 Å². The highest BCUT2D eigenvalue weighted by Gasteiger charge is 2.51. The molecule has 1 rings (SSSR count). The summed E-state index contributed by atoms with van der Waals surface area (Å²) in [5.41, 5.74) is -2.45. The molecule has 0 aliphatic rings. The van der Waals surface area contributed by atoms with Crippen molar-refractivity contribution in [1.82, 2.24) is 9.55 Å². The second kappa shape index (κ2) is 5.17. The largest absolute Gasteiger partial charge is 0.437 e. The zero-order chi connectivity index (χ0) is 15.9. The van der Waals surface area contributed by atoms with Crippen LogP contribution in [0.5, 0.6) is 0 Å². The highest BCUT2D eigenvalue weighted by molar-refractivity contribution is 7.83. The molecule has 0 atom stereocenters. The van der Waals surface area contributed by atoms with E-state index in [0.717, 1.165) is 0 Å². The van der Waals surface area contributed by atoms with Gasteiger partial charge in [0.05, 0.1) is 5.41 Å². The Morgan fingerprint density at radius 1 is 1.35 bits per heavy atom. The fraction of sp³-hybridized carbons (Fsp3) is 0.600. The van der Waals surface area contributed by atoms with Gasteiger partial charge in [-0.2, -0.15) is 0 Å². The molecule has 1 heterocycles. The van der Waals surface area contributed by atoms with Crippen LogP contribution < -0.4 is 0 Å². The average Bonchev–Trinajstić information content (AvgIpc) is 2.65. The quantitative estimate of drug-likeness (QED) is 0.384. The Balaban J connectivity index is 3.61. The Bertz CT molecular complexity index is 594. The highest BCUT2D eigenvalue weighted by Crippen LogP contribution is 2.43. The first-order valence-corrected chi connectivity index (χ1v) is 6.41. The van der Waals surface area contributed by atoms with E-state index in [1.54, 1.807) is 13.8 Å². The summed E-state index contributed by atoms with van der Waals surface area (Å²) in [5, 5.41) is 13.7. The topological polar surface area (TPSA) is 107 Å². The number of nitroso groups, excluding NO2 is 1. The summed E-state index contributed by atoms with van der Waals surface area (Å²) in [4.78, 5) is 36.4. The predicted molar refractivity (Wildman–Crippen MR) is 77.3 cm³/mol. The van der Waals surface area contributed by atoms with Gasteiger partial charge in [-0.25, -0.2) is 4.57 Å². The first-order valence-electron chi connectivity index (χ1n) is 5.51. The lowest BCUT2D eigenvalue weighted by molar-refractivity contribution is -0.398. The molecule has 0 aliphatic carbocycles. The third kappa shape index (κ3) is 2.33. The van der Waals surface area contributed by atoms with Crippen LogP contribution in [-0.4, -0.2) is 20.4 Å². The minimum atomic E-state index is -1.29. The number of nitro groups is 1. The van der Waals surface area contributed by atoms with Crippen molar-refractivity contribution >= 4 is 37.1 Å². The van der Waals surface area contributed by atoms with Crippen LogP contribution in [0.25, 0.3) is 0 Å². The van der Waals surface area contributed by atoms with E-state index in [0.29, 0.717) is 0 Å². The van der Waals surface area contributed by atoms with Gasteiger partial charge < -0.3 is 10.1 Å². The van der Waals surface area contributed by atoms with Gasteiger partial charge in [-0.05, 0) is 32.6 Å². The minimum absolute atomic E-state index is 0.0652. The van der Waals surface area contributed by atoms with E-state index in [2.05, 4.69) is 35.4 Å². The van der Waals surface area contributed by atoms with Crippen molar-refractivity contribution in [3.63, 3.8) is 0 Å². The van der Waals surface area contributed by atoms with E-state index < -0.39 is 27.7 Å². The zero-order valence-electron chi connectivity index (χ0n) is 11.3. The molecule has 8 nitrogen and oxygen atoms in total. The monoisotopic (exact) mass is 318 g/mol. The number of amides is 1. The van der Waals surface area contributed by atoms with Gasteiger partial charge in [-0.1, -0.05) is 4.98 Å². The van der Waals surface area contributed by atoms with Crippen molar-refractivity contribution in [1.29, 1.82) is 0 Å². The van der Waals surface area contributed by atoms with Crippen LogP contribution in [0.4, 0.5) is 5.95 Å². The van der Waals surface area contributed by atoms with E-state index in [4.69, 9.17) is 0 Å². The van der Waals surface area contributed by atoms with Crippen molar-refractivity contribution < 1.29 is 9.72 Å². The average molecular weight is 318 g/mol. The normalized spacial score (nSPS) is 12.3. The lowest BCUT2D eigenvalue weighted by Gasteiger charge is -2.36. The number of aromatic nitrogens is 2. The summed E-state index contributed by atoms with van der Waals surface area (Å²) in [6.45, 7) is 6.09. The Morgan fingerprint density at radius 2 is 1.85 bits per heavy atom. The number of nitrogens with zero attached hydrogens (tertiary/aromatic N) is 4. The maximum atomic E-state index is 11.7. The fourth-order valence-corrected chi connectivity index (χ4v) is 2.26. The van der Waals surface area contributed by atoms with Gasteiger partial charge in [0.25, 0.3) is 5.91 Å². The number of carbonyl (C=O) groups excluding carboxylic acids is 1. The first-order chi connectivity index (χ1) is 8.98. The Labute approximate surface area is 125 Å². The number of hydrogen-bond acceptors (Lipinski definition) is 7. The van der Waals surface area contributed by atoms with E-state index in [1.165, 1.54) is 18.4 Å². The first kappa shape index (κ1) is 16.6. The maximum absolute atomic E-state index is 11.7. The lowest BCUT2D eigenvalue weighted by Crippen LogP contribution is -2.47. The smallest absolute Gasteiger partial charge is 0.390 e. The number of thiol groups is 2. The van der Waals surface area contributed by atoms with Crippen molar-refractivity contribution in [2.45, 2.75) is 43.3 Å². The van der Waals surface area contributed by atoms with Crippen molar-refractivity contribution in [2.75, 3.05) is 0 Å². The second-order valence-corrected chi connectivity index (χ2v) is 6.08. The summed E-state index contributed by atoms with van der Waals surface area (Å²) >= 11 is 8.15. The van der Waals surface area contributed by atoms with Gasteiger partial charge in [-0.15, -0.1) is 30.2 Å². The molecular weight excluding hydrogens is 304 g/mol. The molecule has 0 saturated heterocycles. The molecule has 0 spiro atoms. The van der Waals surface area contributed by atoms with Gasteiger partial charge >= 0.3 is 5.95 Å². The number of carbonyl (C=O) groups is 1. The Kier molecular flexibility index (Phi) is 4.30. The standard InChI is InChI=1S/C10H14N4O4S2/c1-9(2,7(15)12-16)10(3,4)13-6(20)5(19)11-8(13)14(17)18/h19-20H,1-4H3. The molecule has 1 amide bonds. The lowest BCUT2D eigenvalue weighted by atomic mass is 9.73.